The monoisotopic (exact) mass is 422 g/mol. The van der Waals surface area contributed by atoms with E-state index in [0.717, 1.165) is 48.1 Å². The summed E-state index contributed by atoms with van der Waals surface area (Å²) in [6, 6.07) is 9.70. The smallest absolute Gasteiger partial charge is 0.194 e. The highest BCUT2D eigenvalue weighted by Gasteiger charge is 2.21. The zero-order valence-electron chi connectivity index (χ0n) is 17.8. The number of para-hydroxylation sites is 1. The van der Waals surface area contributed by atoms with E-state index in [9.17, 15) is 0 Å². The highest BCUT2D eigenvalue weighted by molar-refractivity contribution is 5.93. The summed E-state index contributed by atoms with van der Waals surface area (Å²) >= 11 is 0. The normalized spacial score (nSPS) is 16.7. The lowest BCUT2D eigenvalue weighted by Gasteiger charge is -2.28. The molecule has 0 unspecified atom stereocenters. The minimum atomic E-state index is 0.432. The predicted octanol–water partition coefficient (Wildman–Crippen LogP) is 3.93. The van der Waals surface area contributed by atoms with Crippen LogP contribution in [0.15, 0.2) is 36.7 Å². The molecule has 8 heteroatoms. The first-order valence-corrected chi connectivity index (χ1v) is 10.5. The molecule has 2 aliphatic rings. The molecule has 0 radical (unpaired) electrons. The molecule has 3 heterocycles. The topological polar surface area (TPSA) is 78.0 Å². The number of hydrogen-bond acceptors (Lipinski definition) is 8. The molecule has 2 aromatic carbocycles. The van der Waals surface area contributed by atoms with Gasteiger partial charge < -0.3 is 24.6 Å². The number of methoxy groups -OCH3 is 1. The van der Waals surface area contributed by atoms with Gasteiger partial charge in [-0.2, -0.15) is 4.89 Å². The lowest BCUT2D eigenvalue weighted by molar-refractivity contribution is -0.194. The molecule has 0 bridgehead atoms. The second kappa shape index (κ2) is 8.56. The van der Waals surface area contributed by atoms with Crippen molar-refractivity contribution in [3.63, 3.8) is 0 Å². The Morgan fingerprint density at radius 3 is 2.87 bits per heavy atom. The summed E-state index contributed by atoms with van der Waals surface area (Å²) in [7, 11) is 3.81. The van der Waals surface area contributed by atoms with E-state index < -0.39 is 0 Å². The predicted molar refractivity (Wildman–Crippen MR) is 117 cm³/mol. The highest BCUT2D eigenvalue weighted by atomic mass is 17.2. The Labute approximate surface area is 181 Å². The molecule has 31 heavy (non-hydrogen) atoms. The van der Waals surface area contributed by atoms with Crippen LogP contribution in [0.1, 0.15) is 18.4 Å². The molecule has 1 aromatic heterocycles. The number of nitrogens with one attached hydrogen (secondary N) is 1. The SMILES string of the molecule is COc1cc2c(Nc3cccc4c3OOC4)ncnc2cc1OCC1CCN(C)CC1. The van der Waals surface area contributed by atoms with E-state index in [1.54, 1.807) is 13.4 Å². The van der Waals surface area contributed by atoms with E-state index in [0.29, 0.717) is 42.2 Å². The molecule has 3 aromatic rings. The molecule has 1 fully saturated rings. The molecular formula is C23H26N4O4. The maximum Gasteiger partial charge on any atom is 0.194 e. The van der Waals surface area contributed by atoms with Crippen LogP contribution in [-0.2, 0) is 11.5 Å². The lowest BCUT2D eigenvalue weighted by atomic mass is 9.98. The summed E-state index contributed by atoms with van der Waals surface area (Å²) < 4.78 is 11.8. The fraction of sp³-hybridized carbons (Fsp3) is 0.391. The Kier molecular flexibility index (Phi) is 5.48. The zero-order chi connectivity index (χ0) is 21.2. The summed E-state index contributed by atoms with van der Waals surface area (Å²) in [6.07, 6.45) is 3.84. The molecule has 1 N–H and O–H groups in total. The first-order valence-electron chi connectivity index (χ1n) is 10.5. The zero-order valence-corrected chi connectivity index (χ0v) is 17.8. The molecule has 162 valence electrons. The molecular weight excluding hydrogens is 396 g/mol. The first kappa shape index (κ1) is 19.8. The van der Waals surface area contributed by atoms with Crippen molar-refractivity contribution >= 4 is 22.4 Å². The van der Waals surface area contributed by atoms with Gasteiger partial charge in [-0.15, -0.1) is 0 Å². The van der Waals surface area contributed by atoms with Crippen molar-refractivity contribution < 1.29 is 19.2 Å². The quantitative estimate of drug-likeness (QED) is 0.599. The van der Waals surface area contributed by atoms with Gasteiger partial charge in [-0.05, 0) is 51.0 Å². The number of nitrogens with zero attached hydrogens (tertiary/aromatic N) is 3. The Hall–Kier alpha value is -3.10. The van der Waals surface area contributed by atoms with E-state index in [1.807, 2.05) is 30.3 Å². The van der Waals surface area contributed by atoms with Gasteiger partial charge in [0.2, 0.25) is 0 Å². The van der Waals surface area contributed by atoms with Gasteiger partial charge in [-0.1, -0.05) is 12.1 Å². The maximum atomic E-state index is 6.17. The molecule has 8 nitrogen and oxygen atoms in total. The Bertz CT molecular complexity index is 1080. The third-order valence-electron chi connectivity index (χ3n) is 5.94. The van der Waals surface area contributed by atoms with Crippen LogP contribution in [0.4, 0.5) is 11.5 Å². The first-order chi connectivity index (χ1) is 15.2. The number of aromatic nitrogens is 2. The second-order valence-electron chi connectivity index (χ2n) is 8.06. The fourth-order valence-corrected chi connectivity index (χ4v) is 4.05. The summed E-state index contributed by atoms with van der Waals surface area (Å²) in [4.78, 5) is 21.7. The fourth-order valence-electron chi connectivity index (χ4n) is 4.05. The molecule has 0 aliphatic carbocycles. The van der Waals surface area contributed by atoms with Gasteiger partial charge in [-0.25, -0.2) is 9.97 Å². The van der Waals surface area contributed by atoms with E-state index in [4.69, 9.17) is 19.2 Å². The van der Waals surface area contributed by atoms with E-state index >= 15 is 0 Å². The van der Waals surface area contributed by atoms with Gasteiger partial charge >= 0.3 is 0 Å². The maximum absolute atomic E-state index is 6.17. The molecule has 0 saturated carbocycles. The van der Waals surface area contributed by atoms with E-state index in [1.165, 1.54) is 0 Å². The van der Waals surface area contributed by atoms with Crippen molar-refractivity contribution in [3.8, 4) is 17.2 Å². The van der Waals surface area contributed by atoms with Gasteiger partial charge in [0.1, 0.15) is 18.8 Å². The molecule has 0 atom stereocenters. The van der Waals surface area contributed by atoms with Crippen LogP contribution in [0.25, 0.3) is 10.9 Å². The lowest BCUT2D eigenvalue weighted by Crippen LogP contribution is -2.32. The molecule has 2 aliphatic heterocycles. The van der Waals surface area contributed by atoms with E-state index in [-0.39, 0.29) is 0 Å². The Morgan fingerprint density at radius 2 is 2.03 bits per heavy atom. The molecule has 5 rings (SSSR count). The van der Waals surface area contributed by atoms with Crippen molar-refractivity contribution in [3.05, 3.63) is 42.2 Å². The summed E-state index contributed by atoms with van der Waals surface area (Å²) in [5.41, 5.74) is 2.56. The number of hydrogen-bond donors (Lipinski definition) is 1. The average Bonchev–Trinajstić information content (AvgIpc) is 3.28. The van der Waals surface area contributed by atoms with Crippen LogP contribution in [0.2, 0.25) is 0 Å². The number of fused-ring (bicyclic) bond motifs is 2. The van der Waals surface area contributed by atoms with Gasteiger partial charge in [0.15, 0.2) is 17.2 Å². The number of likely N-dealkylation sites (tertiary alicyclic amines) is 1. The summed E-state index contributed by atoms with van der Waals surface area (Å²) in [5, 5.41) is 4.18. The Morgan fingerprint density at radius 1 is 1.16 bits per heavy atom. The summed E-state index contributed by atoms with van der Waals surface area (Å²) in [6.45, 7) is 3.34. The second-order valence-corrected chi connectivity index (χ2v) is 8.06. The van der Waals surface area contributed by atoms with Crippen LogP contribution in [0, 0.1) is 5.92 Å². The van der Waals surface area contributed by atoms with Crippen molar-refractivity contribution in [1.82, 2.24) is 14.9 Å². The van der Waals surface area contributed by atoms with Gasteiger partial charge in [-0.3, -0.25) is 0 Å². The van der Waals surface area contributed by atoms with Crippen molar-refractivity contribution in [1.29, 1.82) is 0 Å². The third kappa shape index (κ3) is 4.08. The van der Waals surface area contributed by atoms with Crippen LogP contribution in [0.5, 0.6) is 17.2 Å². The van der Waals surface area contributed by atoms with Crippen LogP contribution in [-0.4, -0.2) is 48.7 Å². The number of rotatable bonds is 6. The van der Waals surface area contributed by atoms with E-state index in [2.05, 4.69) is 27.2 Å². The van der Waals surface area contributed by atoms with Crippen molar-refractivity contribution in [2.45, 2.75) is 19.4 Å². The van der Waals surface area contributed by atoms with Gasteiger partial charge in [0, 0.05) is 17.0 Å². The molecule has 0 amide bonds. The number of anilines is 2. The largest absolute Gasteiger partial charge is 0.493 e. The van der Waals surface area contributed by atoms with Gasteiger partial charge in [0.05, 0.1) is 24.9 Å². The number of ether oxygens (including phenoxy) is 2. The molecule has 1 saturated heterocycles. The number of benzene rings is 2. The highest BCUT2D eigenvalue weighted by Crippen LogP contribution is 2.39. The average molecular weight is 422 g/mol. The molecule has 0 spiro atoms. The minimum Gasteiger partial charge on any atom is -0.493 e. The van der Waals surface area contributed by atoms with Crippen LogP contribution < -0.4 is 19.7 Å². The van der Waals surface area contributed by atoms with Crippen molar-refractivity contribution in [2.24, 2.45) is 5.92 Å². The number of piperidine rings is 1. The van der Waals surface area contributed by atoms with Crippen LogP contribution >= 0.6 is 0 Å². The summed E-state index contributed by atoms with van der Waals surface area (Å²) in [5.74, 6) is 3.27. The van der Waals surface area contributed by atoms with Gasteiger partial charge in [0.25, 0.3) is 0 Å². The Balaban J connectivity index is 1.41. The minimum absolute atomic E-state index is 0.432. The van der Waals surface area contributed by atoms with Crippen LogP contribution in [0.3, 0.4) is 0 Å². The standard InChI is InChI=1S/C23H26N4O4/c1-27-8-6-15(7-9-27)12-29-21-11-19-17(10-20(21)28-2)23(25-14-24-19)26-18-5-3-4-16-13-30-31-22(16)18/h3-5,10-11,14-15H,6-9,12-13H2,1-2H3,(H,24,25,26). The van der Waals surface area contributed by atoms with Crippen molar-refractivity contribution in [2.75, 3.05) is 39.2 Å². The third-order valence-corrected chi connectivity index (χ3v) is 5.94.